The van der Waals surface area contributed by atoms with Crippen molar-refractivity contribution in [2.45, 2.75) is 6.42 Å². The molecule has 0 radical (unpaired) electrons. The number of nitrogens with zero attached hydrogens (tertiary/aromatic N) is 3. The van der Waals surface area contributed by atoms with E-state index in [1.807, 2.05) is 5.38 Å². The summed E-state index contributed by atoms with van der Waals surface area (Å²) in [5.74, 6) is -1.33. The number of ether oxygens (including phenoxy) is 1. The first-order chi connectivity index (χ1) is 13.2. The molecule has 1 aliphatic rings. The largest absolute Gasteiger partial charge is 0.432 e. The lowest BCUT2D eigenvalue weighted by atomic mass is 10.2. The number of halogens is 2. The third-order valence-corrected chi connectivity index (χ3v) is 4.55. The third-order valence-electron chi connectivity index (χ3n) is 3.79. The summed E-state index contributed by atoms with van der Waals surface area (Å²) in [6.07, 6.45) is 2.49. The van der Waals surface area contributed by atoms with Gasteiger partial charge in [0.25, 0.3) is 0 Å². The molecule has 0 aliphatic carbocycles. The van der Waals surface area contributed by atoms with E-state index < -0.39 is 17.4 Å². The minimum Gasteiger partial charge on any atom is -0.432 e. The summed E-state index contributed by atoms with van der Waals surface area (Å²) >= 11 is 1.38. The number of anilines is 1. The van der Waals surface area contributed by atoms with Crippen LogP contribution in [0.4, 0.5) is 13.9 Å². The van der Waals surface area contributed by atoms with Crippen molar-refractivity contribution in [3.8, 4) is 22.9 Å². The van der Waals surface area contributed by atoms with E-state index in [9.17, 15) is 8.78 Å². The Kier molecular flexibility index (Phi) is 4.93. The van der Waals surface area contributed by atoms with Gasteiger partial charge in [-0.1, -0.05) is 6.07 Å². The second kappa shape index (κ2) is 7.67. The fraction of sp³-hybridized carbons (Fsp3) is 0.167. The molecular formula is C18H15F2N5OS. The molecule has 3 heterocycles. The molecule has 0 saturated carbocycles. The van der Waals surface area contributed by atoms with E-state index in [0.29, 0.717) is 22.3 Å². The summed E-state index contributed by atoms with van der Waals surface area (Å²) in [4.78, 5) is 13.0. The molecule has 0 spiro atoms. The molecule has 4 rings (SSSR count). The maximum Gasteiger partial charge on any atom is 0.229 e. The minimum absolute atomic E-state index is 0.0754. The summed E-state index contributed by atoms with van der Waals surface area (Å²) < 4.78 is 33.2. The van der Waals surface area contributed by atoms with Gasteiger partial charge in [0, 0.05) is 24.7 Å². The van der Waals surface area contributed by atoms with Crippen LogP contribution in [0.15, 0.2) is 46.9 Å². The van der Waals surface area contributed by atoms with Crippen LogP contribution < -0.4 is 15.4 Å². The number of hydrogen-bond donors (Lipinski definition) is 2. The van der Waals surface area contributed by atoms with Crippen molar-refractivity contribution in [1.82, 2.24) is 15.3 Å². The Morgan fingerprint density at radius 3 is 2.78 bits per heavy atom. The number of hydrogen-bond acceptors (Lipinski definition) is 7. The monoisotopic (exact) mass is 387 g/mol. The summed E-state index contributed by atoms with van der Waals surface area (Å²) in [6.45, 7) is 1.63. The molecule has 6 nitrogen and oxygen atoms in total. The van der Waals surface area contributed by atoms with Crippen molar-refractivity contribution in [2.24, 2.45) is 4.99 Å². The van der Waals surface area contributed by atoms with Crippen LogP contribution in [0.25, 0.3) is 11.3 Å². The van der Waals surface area contributed by atoms with Crippen molar-refractivity contribution in [2.75, 3.05) is 18.4 Å². The van der Waals surface area contributed by atoms with Crippen LogP contribution in [0.5, 0.6) is 11.6 Å². The minimum atomic E-state index is -0.798. The van der Waals surface area contributed by atoms with Gasteiger partial charge in [-0.2, -0.15) is 0 Å². The van der Waals surface area contributed by atoms with Crippen LogP contribution in [-0.2, 0) is 0 Å². The van der Waals surface area contributed by atoms with E-state index in [-0.39, 0.29) is 5.88 Å². The zero-order valence-electron chi connectivity index (χ0n) is 14.1. The molecule has 3 aromatic rings. The van der Waals surface area contributed by atoms with Gasteiger partial charge in [-0.05, 0) is 30.7 Å². The van der Waals surface area contributed by atoms with Crippen molar-refractivity contribution >= 4 is 22.4 Å². The number of nitrogens with one attached hydrogen (secondary N) is 2. The highest BCUT2D eigenvalue weighted by molar-refractivity contribution is 7.14. The molecule has 1 aliphatic heterocycles. The standard InChI is InChI=1S/C18H15F2N5OS/c19-12-5-1-6-13(20)15(12)26-16-11(4-2-7-21-16)14-10-27-18(24-14)25-17-22-8-3-9-23-17/h1-2,4-7,10H,3,8-9H2,(H2,22,23,24,25). The maximum absolute atomic E-state index is 13.9. The lowest BCUT2D eigenvalue weighted by molar-refractivity contribution is 0.397. The van der Waals surface area contributed by atoms with Gasteiger partial charge in [0.1, 0.15) is 0 Å². The lowest BCUT2D eigenvalue weighted by Crippen LogP contribution is -2.35. The van der Waals surface area contributed by atoms with Crippen LogP contribution >= 0.6 is 11.3 Å². The van der Waals surface area contributed by atoms with Crippen LogP contribution in [0.1, 0.15) is 6.42 Å². The van der Waals surface area contributed by atoms with Gasteiger partial charge in [-0.15, -0.1) is 11.3 Å². The fourth-order valence-corrected chi connectivity index (χ4v) is 3.23. The molecule has 0 amide bonds. The number of aliphatic imine (C=N–C) groups is 1. The third kappa shape index (κ3) is 3.87. The Hall–Kier alpha value is -3.07. The van der Waals surface area contributed by atoms with Crippen molar-refractivity contribution in [3.05, 3.63) is 53.5 Å². The average molecular weight is 387 g/mol. The number of benzene rings is 1. The zero-order valence-corrected chi connectivity index (χ0v) is 14.9. The normalized spacial score (nSPS) is 13.6. The van der Waals surface area contributed by atoms with Crippen molar-refractivity contribution < 1.29 is 13.5 Å². The topological polar surface area (TPSA) is 71.4 Å². The Balaban J connectivity index is 1.61. The second-order valence-corrected chi connectivity index (χ2v) is 6.54. The summed E-state index contributed by atoms with van der Waals surface area (Å²) in [7, 11) is 0. The van der Waals surface area contributed by atoms with E-state index >= 15 is 0 Å². The highest BCUT2D eigenvalue weighted by atomic mass is 32.1. The number of aromatic nitrogens is 2. The molecule has 0 unspecified atom stereocenters. The first-order valence-electron chi connectivity index (χ1n) is 8.29. The number of pyridine rings is 1. The number of thiazole rings is 1. The quantitative estimate of drug-likeness (QED) is 0.707. The van der Waals surface area contributed by atoms with E-state index in [2.05, 4.69) is 25.6 Å². The Bertz CT molecular complexity index is 971. The van der Waals surface area contributed by atoms with Gasteiger partial charge in [0.05, 0.1) is 11.3 Å². The van der Waals surface area contributed by atoms with Crippen LogP contribution in [0.2, 0.25) is 0 Å². The molecule has 2 aromatic heterocycles. The Labute approximate surface area is 158 Å². The molecular weight excluding hydrogens is 372 g/mol. The molecule has 1 aromatic carbocycles. The first kappa shape index (κ1) is 17.3. The number of rotatable bonds is 4. The van der Waals surface area contributed by atoms with Gasteiger partial charge >= 0.3 is 0 Å². The van der Waals surface area contributed by atoms with Gasteiger partial charge < -0.3 is 15.4 Å². The summed E-state index contributed by atoms with van der Waals surface area (Å²) in [6, 6.07) is 6.97. The van der Waals surface area contributed by atoms with Crippen molar-refractivity contribution in [1.29, 1.82) is 0 Å². The molecule has 27 heavy (non-hydrogen) atoms. The van der Waals surface area contributed by atoms with E-state index in [1.165, 1.54) is 23.6 Å². The zero-order chi connectivity index (χ0) is 18.6. The molecule has 2 N–H and O–H groups in total. The number of para-hydroxylation sites is 1. The van der Waals surface area contributed by atoms with E-state index in [4.69, 9.17) is 4.74 Å². The fourth-order valence-electron chi connectivity index (χ4n) is 2.52. The molecule has 9 heteroatoms. The van der Waals surface area contributed by atoms with Crippen molar-refractivity contribution in [3.63, 3.8) is 0 Å². The van der Waals surface area contributed by atoms with E-state index in [1.54, 1.807) is 12.1 Å². The molecule has 0 atom stereocenters. The Morgan fingerprint density at radius 2 is 2.00 bits per heavy atom. The highest BCUT2D eigenvalue weighted by Crippen LogP contribution is 2.34. The van der Waals surface area contributed by atoms with Gasteiger partial charge in [0.15, 0.2) is 22.7 Å². The molecule has 0 saturated heterocycles. The lowest BCUT2D eigenvalue weighted by Gasteiger charge is -2.14. The summed E-state index contributed by atoms with van der Waals surface area (Å²) in [5.41, 5.74) is 1.11. The second-order valence-electron chi connectivity index (χ2n) is 5.68. The molecule has 138 valence electrons. The van der Waals surface area contributed by atoms with Crippen LogP contribution in [0, 0.1) is 11.6 Å². The van der Waals surface area contributed by atoms with Gasteiger partial charge in [-0.25, -0.2) is 18.7 Å². The van der Waals surface area contributed by atoms with Crippen LogP contribution in [0.3, 0.4) is 0 Å². The van der Waals surface area contributed by atoms with Gasteiger partial charge in [0.2, 0.25) is 11.6 Å². The first-order valence-corrected chi connectivity index (χ1v) is 9.17. The highest BCUT2D eigenvalue weighted by Gasteiger charge is 2.17. The summed E-state index contributed by atoms with van der Waals surface area (Å²) in [5, 5.41) is 8.74. The van der Waals surface area contributed by atoms with Gasteiger partial charge in [-0.3, -0.25) is 4.99 Å². The molecule has 0 bridgehead atoms. The van der Waals surface area contributed by atoms with Crippen LogP contribution in [-0.4, -0.2) is 29.0 Å². The SMILES string of the molecule is Fc1cccc(F)c1Oc1ncccc1-c1csc(NC2=NCCCN2)n1. The Morgan fingerprint density at radius 1 is 1.15 bits per heavy atom. The smallest absolute Gasteiger partial charge is 0.229 e. The van der Waals surface area contributed by atoms with E-state index in [0.717, 1.165) is 31.6 Å². The molecule has 0 fully saturated rings. The number of guanidine groups is 1. The predicted molar refractivity (Wildman–Crippen MR) is 100 cm³/mol. The predicted octanol–water partition coefficient (Wildman–Crippen LogP) is 4.04. The maximum atomic E-state index is 13.9. The average Bonchev–Trinajstić information content (AvgIpc) is 3.14.